The number of rotatable bonds is 5. The summed E-state index contributed by atoms with van der Waals surface area (Å²) in [5.74, 6) is 1.15. The Kier molecular flexibility index (Phi) is 5.56. The van der Waals surface area contributed by atoms with Gasteiger partial charge in [0.2, 0.25) is 5.95 Å². The molecule has 0 bridgehead atoms. The van der Waals surface area contributed by atoms with Crippen LogP contribution in [0.25, 0.3) is 11.2 Å². The van der Waals surface area contributed by atoms with Crippen molar-refractivity contribution in [1.82, 2.24) is 18.7 Å². The third-order valence-corrected chi connectivity index (χ3v) is 6.40. The highest BCUT2D eigenvalue weighted by atomic mass is 16.2. The largest absolute Gasteiger partial charge is 0.342 e. The fraction of sp³-hybridized carbons (Fsp3) is 0.478. The van der Waals surface area contributed by atoms with Gasteiger partial charge in [0.1, 0.15) is 6.04 Å². The number of imidazole rings is 1. The SMILES string of the molecule is CCC(C(=O)c1ccccc1)n1c(N2CCC(C)CC2)nc2c1c(=O)n(C)c(=O)n2C. The number of hydrogen-bond donors (Lipinski definition) is 0. The Morgan fingerprint density at radius 2 is 1.74 bits per heavy atom. The monoisotopic (exact) mass is 423 g/mol. The molecule has 1 aliphatic rings. The van der Waals surface area contributed by atoms with Crippen LogP contribution in [0.2, 0.25) is 0 Å². The first-order valence-corrected chi connectivity index (χ1v) is 10.9. The van der Waals surface area contributed by atoms with E-state index in [9.17, 15) is 14.4 Å². The van der Waals surface area contributed by atoms with Crippen LogP contribution in [0.4, 0.5) is 5.95 Å². The first kappa shape index (κ1) is 21.1. The van der Waals surface area contributed by atoms with Crippen LogP contribution in [0.3, 0.4) is 0 Å². The lowest BCUT2D eigenvalue weighted by Crippen LogP contribution is -2.39. The number of benzene rings is 1. The molecule has 0 spiro atoms. The molecule has 31 heavy (non-hydrogen) atoms. The van der Waals surface area contributed by atoms with E-state index in [-0.39, 0.29) is 5.78 Å². The molecular weight excluding hydrogens is 394 g/mol. The topological polar surface area (TPSA) is 82.1 Å². The summed E-state index contributed by atoms with van der Waals surface area (Å²) >= 11 is 0. The van der Waals surface area contributed by atoms with Crippen molar-refractivity contribution >= 4 is 22.9 Å². The number of nitrogens with zero attached hydrogens (tertiary/aromatic N) is 5. The van der Waals surface area contributed by atoms with Gasteiger partial charge in [-0.05, 0) is 25.2 Å². The van der Waals surface area contributed by atoms with Crippen LogP contribution in [-0.2, 0) is 14.1 Å². The van der Waals surface area contributed by atoms with Gasteiger partial charge in [0.25, 0.3) is 5.56 Å². The number of hydrogen-bond acceptors (Lipinski definition) is 5. The minimum atomic E-state index is -0.591. The van der Waals surface area contributed by atoms with E-state index in [4.69, 9.17) is 4.98 Å². The summed E-state index contributed by atoms with van der Waals surface area (Å²) in [5.41, 5.74) is 0.358. The van der Waals surface area contributed by atoms with Gasteiger partial charge in [-0.2, -0.15) is 4.98 Å². The normalized spacial score (nSPS) is 16.1. The fourth-order valence-corrected chi connectivity index (χ4v) is 4.41. The van der Waals surface area contributed by atoms with E-state index in [1.807, 2.05) is 25.1 Å². The first-order valence-electron chi connectivity index (χ1n) is 10.9. The lowest BCUT2D eigenvalue weighted by atomic mass is 9.99. The van der Waals surface area contributed by atoms with Gasteiger partial charge in [-0.3, -0.25) is 23.3 Å². The van der Waals surface area contributed by atoms with E-state index in [0.717, 1.165) is 30.5 Å². The number of piperidine rings is 1. The molecule has 0 saturated carbocycles. The maximum atomic E-state index is 13.5. The number of carbonyl (C=O) groups is 1. The zero-order valence-corrected chi connectivity index (χ0v) is 18.5. The molecule has 0 radical (unpaired) electrons. The third-order valence-electron chi connectivity index (χ3n) is 6.40. The molecule has 4 rings (SSSR count). The number of aryl methyl sites for hydroxylation is 1. The Labute approximate surface area is 180 Å². The van der Waals surface area contributed by atoms with Crippen LogP contribution in [0, 0.1) is 5.92 Å². The molecule has 1 fully saturated rings. The lowest BCUT2D eigenvalue weighted by Gasteiger charge is -2.32. The van der Waals surface area contributed by atoms with Crippen molar-refractivity contribution in [3.63, 3.8) is 0 Å². The maximum absolute atomic E-state index is 13.5. The lowest BCUT2D eigenvalue weighted by molar-refractivity contribution is 0.0924. The summed E-state index contributed by atoms with van der Waals surface area (Å²) in [6.45, 7) is 5.77. The van der Waals surface area contributed by atoms with Crippen molar-refractivity contribution in [2.75, 3.05) is 18.0 Å². The van der Waals surface area contributed by atoms with E-state index in [0.29, 0.717) is 35.0 Å². The van der Waals surface area contributed by atoms with Gasteiger partial charge in [0.05, 0.1) is 0 Å². The van der Waals surface area contributed by atoms with Crippen LogP contribution < -0.4 is 16.1 Å². The quantitative estimate of drug-likeness (QED) is 0.589. The van der Waals surface area contributed by atoms with Gasteiger partial charge in [0, 0.05) is 32.7 Å². The van der Waals surface area contributed by atoms with E-state index in [1.54, 1.807) is 23.7 Å². The molecule has 1 aliphatic heterocycles. The maximum Gasteiger partial charge on any atom is 0.332 e. The van der Waals surface area contributed by atoms with Gasteiger partial charge in [-0.25, -0.2) is 4.79 Å². The first-order chi connectivity index (χ1) is 14.8. The molecule has 8 heteroatoms. The molecule has 3 heterocycles. The predicted molar refractivity (Wildman–Crippen MR) is 121 cm³/mol. The highest BCUT2D eigenvalue weighted by molar-refractivity contribution is 6.00. The average Bonchev–Trinajstić information content (AvgIpc) is 3.18. The second-order valence-corrected chi connectivity index (χ2v) is 8.48. The highest BCUT2D eigenvalue weighted by Crippen LogP contribution is 2.31. The van der Waals surface area contributed by atoms with Crippen molar-refractivity contribution in [2.24, 2.45) is 20.0 Å². The number of anilines is 1. The Morgan fingerprint density at radius 3 is 2.35 bits per heavy atom. The van der Waals surface area contributed by atoms with Gasteiger partial charge in [-0.15, -0.1) is 0 Å². The van der Waals surface area contributed by atoms with Crippen molar-refractivity contribution < 1.29 is 4.79 Å². The summed E-state index contributed by atoms with van der Waals surface area (Å²) in [6.07, 6.45) is 2.54. The van der Waals surface area contributed by atoms with E-state index in [2.05, 4.69) is 11.8 Å². The van der Waals surface area contributed by atoms with Crippen molar-refractivity contribution in [3.8, 4) is 0 Å². The van der Waals surface area contributed by atoms with E-state index >= 15 is 0 Å². The molecule has 3 aromatic rings. The molecule has 0 amide bonds. The Morgan fingerprint density at radius 1 is 1.10 bits per heavy atom. The summed E-state index contributed by atoms with van der Waals surface area (Å²) in [4.78, 5) is 46.2. The minimum absolute atomic E-state index is 0.0649. The average molecular weight is 424 g/mol. The zero-order valence-electron chi connectivity index (χ0n) is 18.5. The van der Waals surface area contributed by atoms with Crippen molar-refractivity contribution in [3.05, 3.63) is 56.7 Å². The molecule has 1 saturated heterocycles. The Hall–Kier alpha value is -3.16. The van der Waals surface area contributed by atoms with E-state index < -0.39 is 17.3 Å². The molecule has 1 atom stereocenters. The molecule has 8 nitrogen and oxygen atoms in total. The number of fused-ring (bicyclic) bond motifs is 1. The minimum Gasteiger partial charge on any atom is -0.342 e. The Bertz CT molecular complexity index is 1230. The van der Waals surface area contributed by atoms with E-state index in [1.165, 1.54) is 11.6 Å². The predicted octanol–water partition coefficient (Wildman–Crippen LogP) is 2.50. The highest BCUT2D eigenvalue weighted by Gasteiger charge is 2.31. The smallest absolute Gasteiger partial charge is 0.332 e. The summed E-state index contributed by atoms with van der Waals surface area (Å²) in [6, 6.07) is 8.53. The van der Waals surface area contributed by atoms with Crippen molar-refractivity contribution in [1.29, 1.82) is 0 Å². The number of carbonyl (C=O) groups excluding carboxylic acids is 1. The van der Waals surface area contributed by atoms with Gasteiger partial charge in [-0.1, -0.05) is 44.2 Å². The second kappa shape index (κ2) is 8.17. The van der Waals surface area contributed by atoms with Crippen LogP contribution in [0.5, 0.6) is 0 Å². The Balaban J connectivity index is 1.99. The van der Waals surface area contributed by atoms with Crippen molar-refractivity contribution in [2.45, 2.75) is 39.2 Å². The number of ketones is 1. The van der Waals surface area contributed by atoms with Gasteiger partial charge >= 0.3 is 5.69 Å². The summed E-state index contributed by atoms with van der Waals surface area (Å²) < 4.78 is 4.26. The zero-order chi connectivity index (χ0) is 22.3. The summed E-state index contributed by atoms with van der Waals surface area (Å²) in [5, 5.41) is 0. The van der Waals surface area contributed by atoms with Crippen LogP contribution in [0.1, 0.15) is 49.5 Å². The van der Waals surface area contributed by atoms with Crippen LogP contribution in [0.15, 0.2) is 39.9 Å². The number of aromatic nitrogens is 4. The molecule has 2 aromatic heterocycles. The molecule has 1 unspecified atom stereocenters. The third kappa shape index (κ3) is 3.49. The molecule has 0 aliphatic carbocycles. The molecule has 0 N–H and O–H groups in total. The second-order valence-electron chi connectivity index (χ2n) is 8.48. The molecule has 1 aromatic carbocycles. The molecule has 164 valence electrons. The van der Waals surface area contributed by atoms with Gasteiger partial charge in [0.15, 0.2) is 16.9 Å². The van der Waals surface area contributed by atoms with Crippen LogP contribution in [-0.4, -0.2) is 37.6 Å². The summed E-state index contributed by atoms with van der Waals surface area (Å²) in [7, 11) is 3.08. The van der Waals surface area contributed by atoms with Crippen LogP contribution >= 0.6 is 0 Å². The van der Waals surface area contributed by atoms with Gasteiger partial charge < -0.3 is 4.90 Å². The fourth-order valence-electron chi connectivity index (χ4n) is 4.41. The molecular formula is C23H29N5O3. The standard InChI is InChI=1S/C23H29N5O3/c1-5-17(19(29)16-9-7-6-8-10-16)28-18-20(25(3)23(31)26(4)21(18)30)24-22(28)27-13-11-15(2)12-14-27/h6-10,15,17H,5,11-14H2,1-4H3. The number of Topliss-reactive ketones (excluding diaryl/α,β-unsaturated/α-hetero) is 1.